The van der Waals surface area contributed by atoms with Crippen LogP contribution in [0.2, 0.25) is 0 Å². The summed E-state index contributed by atoms with van der Waals surface area (Å²) in [6.07, 6.45) is 0. The van der Waals surface area contributed by atoms with Crippen molar-refractivity contribution in [2.75, 3.05) is 27.2 Å². The van der Waals surface area contributed by atoms with E-state index in [-0.39, 0.29) is 30.3 Å². The lowest BCUT2D eigenvalue weighted by Gasteiger charge is -2.28. The maximum absolute atomic E-state index is 11.9. The first kappa shape index (κ1) is 18.4. The Balaban J connectivity index is 4.41. The molecule has 1 amide bonds. The van der Waals surface area contributed by atoms with Gasteiger partial charge >= 0.3 is 5.97 Å². The summed E-state index contributed by atoms with van der Waals surface area (Å²) in [4.78, 5) is 25.0. The fourth-order valence-corrected chi connectivity index (χ4v) is 1.68. The van der Waals surface area contributed by atoms with Gasteiger partial charge in [0.2, 0.25) is 5.91 Å². The molecule has 0 radical (unpaired) electrons. The van der Waals surface area contributed by atoms with Crippen LogP contribution in [0.1, 0.15) is 27.7 Å². The van der Waals surface area contributed by atoms with E-state index in [4.69, 9.17) is 5.26 Å². The van der Waals surface area contributed by atoms with E-state index in [1.165, 1.54) is 7.11 Å². The van der Waals surface area contributed by atoms with Crippen molar-refractivity contribution in [2.24, 2.45) is 11.8 Å². The summed E-state index contributed by atoms with van der Waals surface area (Å²) in [6.45, 7) is 7.76. The summed E-state index contributed by atoms with van der Waals surface area (Å²) < 4.78 is 4.64. The van der Waals surface area contributed by atoms with Gasteiger partial charge in [-0.3, -0.25) is 14.5 Å². The first-order valence-electron chi connectivity index (χ1n) is 6.65. The van der Waals surface area contributed by atoms with Crippen LogP contribution in [0.3, 0.4) is 0 Å². The zero-order chi connectivity index (χ0) is 15.9. The number of nitrogens with one attached hydrogen (secondary N) is 1. The van der Waals surface area contributed by atoms with Crippen LogP contribution in [0.15, 0.2) is 0 Å². The molecule has 1 N–H and O–H groups in total. The summed E-state index contributed by atoms with van der Waals surface area (Å²) in [5, 5.41) is 11.9. The van der Waals surface area contributed by atoms with Gasteiger partial charge in [-0.05, 0) is 19.9 Å². The van der Waals surface area contributed by atoms with Crippen molar-refractivity contribution >= 4 is 11.9 Å². The van der Waals surface area contributed by atoms with Gasteiger partial charge in [0.1, 0.15) is 5.54 Å². The number of likely N-dealkylation sites (N-methyl/N-ethyl adjacent to an activating group) is 1. The fraction of sp³-hybridized carbons (Fsp3) is 0.786. The number of amides is 1. The van der Waals surface area contributed by atoms with E-state index < -0.39 is 5.54 Å². The lowest BCUT2D eigenvalue weighted by atomic mass is 9.90. The lowest BCUT2D eigenvalue weighted by Crippen LogP contribution is -2.51. The summed E-state index contributed by atoms with van der Waals surface area (Å²) in [6, 6.07) is 2.13. The molecule has 0 aromatic carbocycles. The molecular formula is C14H25N3O3. The number of esters is 1. The van der Waals surface area contributed by atoms with Crippen LogP contribution < -0.4 is 5.32 Å². The van der Waals surface area contributed by atoms with Crippen LogP contribution in [-0.2, 0) is 14.3 Å². The van der Waals surface area contributed by atoms with E-state index in [2.05, 4.69) is 16.1 Å². The quantitative estimate of drug-likeness (QED) is 0.698. The molecule has 114 valence electrons. The Morgan fingerprint density at radius 1 is 1.40 bits per heavy atom. The normalized spacial score (nSPS) is 15.3. The summed E-state index contributed by atoms with van der Waals surface area (Å²) in [5.74, 6) is -0.829. The number of rotatable bonds is 7. The Hall–Kier alpha value is -1.61. The van der Waals surface area contributed by atoms with Crippen LogP contribution in [-0.4, -0.2) is 49.6 Å². The zero-order valence-corrected chi connectivity index (χ0v) is 13.2. The second-order valence-corrected chi connectivity index (χ2v) is 5.64. The van der Waals surface area contributed by atoms with Gasteiger partial charge in [0.15, 0.2) is 0 Å². The third-order valence-corrected chi connectivity index (χ3v) is 3.39. The predicted octanol–water partition coefficient (Wildman–Crippen LogP) is 0.782. The Morgan fingerprint density at radius 2 is 1.95 bits per heavy atom. The molecule has 0 saturated heterocycles. The fourth-order valence-electron chi connectivity index (χ4n) is 1.68. The number of carbonyl (C=O) groups excluding carboxylic acids is 2. The van der Waals surface area contributed by atoms with Crippen molar-refractivity contribution in [3.63, 3.8) is 0 Å². The van der Waals surface area contributed by atoms with Crippen LogP contribution >= 0.6 is 0 Å². The number of nitrogens with zero attached hydrogens (tertiary/aromatic N) is 2. The first-order valence-corrected chi connectivity index (χ1v) is 6.65. The largest absolute Gasteiger partial charge is 0.469 e. The SMILES string of the molecule is COC(=O)C(C)CN(C)CC(=O)NC(C)(C#N)C(C)C. The van der Waals surface area contributed by atoms with Gasteiger partial charge in [-0.2, -0.15) is 5.26 Å². The second-order valence-electron chi connectivity index (χ2n) is 5.64. The van der Waals surface area contributed by atoms with Gasteiger partial charge < -0.3 is 10.1 Å². The molecule has 0 saturated carbocycles. The van der Waals surface area contributed by atoms with Crippen molar-refractivity contribution in [3.05, 3.63) is 0 Å². The average Bonchev–Trinajstić information content (AvgIpc) is 2.36. The number of ether oxygens (including phenoxy) is 1. The Kier molecular flexibility index (Phi) is 7.22. The molecule has 0 aliphatic carbocycles. The second kappa shape index (κ2) is 7.85. The maximum atomic E-state index is 11.9. The van der Waals surface area contributed by atoms with Gasteiger partial charge in [-0.15, -0.1) is 0 Å². The zero-order valence-electron chi connectivity index (χ0n) is 13.2. The van der Waals surface area contributed by atoms with E-state index in [0.717, 1.165) is 0 Å². The van der Waals surface area contributed by atoms with Gasteiger partial charge in [0.05, 0.1) is 25.6 Å². The van der Waals surface area contributed by atoms with Crippen molar-refractivity contribution in [3.8, 4) is 6.07 Å². The molecule has 20 heavy (non-hydrogen) atoms. The lowest BCUT2D eigenvalue weighted by molar-refractivity contribution is -0.145. The molecule has 0 fully saturated rings. The highest BCUT2D eigenvalue weighted by Gasteiger charge is 2.30. The molecule has 2 unspecified atom stereocenters. The number of carbonyl (C=O) groups is 2. The topological polar surface area (TPSA) is 82.4 Å². The highest BCUT2D eigenvalue weighted by molar-refractivity contribution is 5.79. The number of hydrogen-bond donors (Lipinski definition) is 1. The van der Waals surface area contributed by atoms with E-state index in [1.54, 1.807) is 25.8 Å². The molecule has 0 aliphatic heterocycles. The first-order chi connectivity index (χ1) is 9.16. The van der Waals surface area contributed by atoms with Gasteiger partial charge in [-0.1, -0.05) is 20.8 Å². The minimum atomic E-state index is -0.883. The van der Waals surface area contributed by atoms with E-state index in [1.807, 2.05) is 13.8 Å². The van der Waals surface area contributed by atoms with Gasteiger partial charge in [0.25, 0.3) is 0 Å². The van der Waals surface area contributed by atoms with Crippen LogP contribution in [0.4, 0.5) is 0 Å². The number of nitriles is 1. The van der Waals surface area contributed by atoms with Crippen molar-refractivity contribution in [1.29, 1.82) is 5.26 Å². The molecule has 0 heterocycles. The monoisotopic (exact) mass is 283 g/mol. The molecule has 0 bridgehead atoms. The highest BCUT2D eigenvalue weighted by atomic mass is 16.5. The predicted molar refractivity (Wildman–Crippen MR) is 75.7 cm³/mol. The molecule has 0 spiro atoms. The van der Waals surface area contributed by atoms with E-state index in [9.17, 15) is 9.59 Å². The van der Waals surface area contributed by atoms with Crippen molar-refractivity contribution in [2.45, 2.75) is 33.2 Å². The number of hydrogen-bond acceptors (Lipinski definition) is 5. The third-order valence-electron chi connectivity index (χ3n) is 3.39. The van der Waals surface area contributed by atoms with Crippen molar-refractivity contribution in [1.82, 2.24) is 10.2 Å². The average molecular weight is 283 g/mol. The molecular weight excluding hydrogens is 258 g/mol. The minimum Gasteiger partial charge on any atom is -0.469 e. The van der Waals surface area contributed by atoms with Crippen molar-refractivity contribution < 1.29 is 14.3 Å². The van der Waals surface area contributed by atoms with Gasteiger partial charge in [-0.25, -0.2) is 0 Å². The Morgan fingerprint density at radius 3 is 2.35 bits per heavy atom. The Bertz CT molecular complexity index is 390. The molecule has 6 heteroatoms. The smallest absolute Gasteiger partial charge is 0.309 e. The van der Waals surface area contributed by atoms with Crippen LogP contribution in [0, 0.1) is 23.2 Å². The molecule has 0 aromatic rings. The molecule has 0 aliphatic rings. The molecule has 2 atom stereocenters. The van der Waals surface area contributed by atoms with E-state index >= 15 is 0 Å². The maximum Gasteiger partial charge on any atom is 0.309 e. The summed E-state index contributed by atoms with van der Waals surface area (Å²) in [5.41, 5.74) is -0.883. The van der Waals surface area contributed by atoms with E-state index in [0.29, 0.717) is 6.54 Å². The molecule has 0 aromatic heterocycles. The number of methoxy groups -OCH3 is 1. The van der Waals surface area contributed by atoms with Crippen LogP contribution in [0.5, 0.6) is 0 Å². The summed E-state index contributed by atoms with van der Waals surface area (Å²) in [7, 11) is 3.09. The highest BCUT2D eigenvalue weighted by Crippen LogP contribution is 2.14. The standard InChI is InChI=1S/C14H25N3O3/c1-10(2)14(4,9-15)16-12(18)8-17(5)7-11(3)13(19)20-6/h10-11H,7-8H2,1-6H3,(H,16,18). The minimum absolute atomic E-state index is 0.00995. The van der Waals surface area contributed by atoms with Gasteiger partial charge in [0, 0.05) is 6.54 Å². The Labute approximate surface area is 121 Å². The third kappa shape index (κ3) is 5.57. The molecule has 0 rings (SSSR count). The van der Waals surface area contributed by atoms with Crippen LogP contribution in [0.25, 0.3) is 0 Å². The molecule has 6 nitrogen and oxygen atoms in total. The summed E-state index contributed by atoms with van der Waals surface area (Å²) >= 11 is 0.